The predicted octanol–water partition coefficient (Wildman–Crippen LogP) is 4.05. The molecule has 0 saturated carbocycles. The second-order valence-electron chi connectivity index (χ2n) is 9.17. The minimum atomic E-state index is -3.53. The average Bonchev–Trinajstić information content (AvgIpc) is 3.17. The fourth-order valence-corrected chi connectivity index (χ4v) is 7.79. The summed E-state index contributed by atoms with van der Waals surface area (Å²) in [5.41, 5.74) is 3.30. The Morgan fingerprint density at radius 2 is 1.69 bits per heavy atom. The molecule has 0 N–H and O–H groups in total. The van der Waals surface area contributed by atoms with Crippen molar-refractivity contribution in [2.24, 2.45) is 5.41 Å². The summed E-state index contributed by atoms with van der Waals surface area (Å²) in [5, 5.41) is 0.750. The van der Waals surface area contributed by atoms with Crippen LogP contribution in [0.1, 0.15) is 46.3 Å². The number of thioether (sulfide) groups is 1. The van der Waals surface area contributed by atoms with Crippen LogP contribution in [-0.4, -0.2) is 60.9 Å². The standard InChI is InChI=1S/C24H31N3O3S2/c1-17-14-18(2)21(19(3)15-17)32(29,30)27-13-9-24(16-27)7-11-26(12-8-24)23(28)20-6-5-10-25-22(20)31-4/h5-6,10,14-15H,7-9,11-13,16H2,1-4H3. The minimum Gasteiger partial charge on any atom is -0.339 e. The first-order chi connectivity index (χ1) is 15.2. The van der Waals surface area contributed by atoms with Crippen LogP contribution in [0.4, 0.5) is 0 Å². The van der Waals surface area contributed by atoms with Crippen molar-refractivity contribution in [2.75, 3.05) is 32.4 Å². The Hall–Kier alpha value is -1.90. The van der Waals surface area contributed by atoms with Crippen molar-refractivity contribution < 1.29 is 13.2 Å². The van der Waals surface area contributed by atoms with Crippen LogP contribution >= 0.6 is 11.8 Å². The minimum absolute atomic E-state index is 0.0191. The highest BCUT2D eigenvalue weighted by Crippen LogP contribution is 2.43. The number of sulfonamides is 1. The van der Waals surface area contributed by atoms with Gasteiger partial charge in [0.2, 0.25) is 10.0 Å². The lowest BCUT2D eigenvalue weighted by Gasteiger charge is -2.39. The van der Waals surface area contributed by atoms with Gasteiger partial charge in [0, 0.05) is 32.4 Å². The molecule has 6 nitrogen and oxygen atoms in total. The third-order valence-corrected chi connectivity index (χ3v) is 9.78. The smallest absolute Gasteiger partial charge is 0.256 e. The summed E-state index contributed by atoms with van der Waals surface area (Å²) in [6, 6.07) is 7.52. The van der Waals surface area contributed by atoms with E-state index in [9.17, 15) is 13.2 Å². The highest BCUT2D eigenvalue weighted by molar-refractivity contribution is 7.98. The molecular formula is C24H31N3O3S2. The van der Waals surface area contributed by atoms with Crippen LogP contribution in [0, 0.1) is 26.2 Å². The zero-order valence-electron chi connectivity index (χ0n) is 19.2. The van der Waals surface area contributed by atoms with E-state index in [1.54, 1.807) is 16.6 Å². The Morgan fingerprint density at radius 3 is 2.31 bits per heavy atom. The van der Waals surface area contributed by atoms with Crippen molar-refractivity contribution >= 4 is 27.7 Å². The van der Waals surface area contributed by atoms with E-state index >= 15 is 0 Å². The lowest BCUT2D eigenvalue weighted by atomic mass is 9.78. The maximum Gasteiger partial charge on any atom is 0.256 e. The molecule has 1 amide bonds. The number of pyridine rings is 1. The summed E-state index contributed by atoms with van der Waals surface area (Å²) in [4.78, 5) is 19.7. The molecule has 172 valence electrons. The van der Waals surface area contributed by atoms with Crippen molar-refractivity contribution in [1.29, 1.82) is 0 Å². The molecule has 8 heteroatoms. The van der Waals surface area contributed by atoms with Gasteiger partial charge in [0.25, 0.3) is 5.91 Å². The Labute approximate surface area is 195 Å². The number of carbonyl (C=O) groups excluding carboxylic acids is 1. The second-order valence-corrected chi connectivity index (χ2v) is 11.8. The molecule has 0 aliphatic carbocycles. The van der Waals surface area contributed by atoms with Crippen LogP contribution < -0.4 is 0 Å². The molecule has 0 radical (unpaired) electrons. The van der Waals surface area contributed by atoms with Crippen molar-refractivity contribution in [3.63, 3.8) is 0 Å². The van der Waals surface area contributed by atoms with E-state index in [1.807, 2.05) is 50.1 Å². The van der Waals surface area contributed by atoms with Gasteiger partial charge in [-0.25, -0.2) is 13.4 Å². The molecule has 1 aromatic heterocycles. The van der Waals surface area contributed by atoms with E-state index in [2.05, 4.69) is 4.98 Å². The van der Waals surface area contributed by atoms with Gasteiger partial charge in [0.1, 0.15) is 5.03 Å². The van der Waals surface area contributed by atoms with Crippen LogP contribution in [0.15, 0.2) is 40.4 Å². The van der Waals surface area contributed by atoms with E-state index in [0.29, 0.717) is 36.6 Å². The number of rotatable bonds is 4. The van der Waals surface area contributed by atoms with Gasteiger partial charge in [-0.1, -0.05) is 17.7 Å². The molecule has 0 bridgehead atoms. The van der Waals surface area contributed by atoms with Crippen molar-refractivity contribution in [3.05, 3.63) is 52.7 Å². The Kier molecular flexibility index (Phi) is 6.40. The molecule has 1 spiro atoms. The summed E-state index contributed by atoms with van der Waals surface area (Å²) in [6.07, 6.45) is 6.13. The normalized spacial score (nSPS) is 18.9. The van der Waals surface area contributed by atoms with Crippen LogP contribution in [0.3, 0.4) is 0 Å². The summed E-state index contributed by atoms with van der Waals surface area (Å²) in [5.74, 6) is 0.0191. The van der Waals surface area contributed by atoms with E-state index in [1.165, 1.54) is 11.8 Å². The Morgan fingerprint density at radius 1 is 1.06 bits per heavy atom. The molecule has 3 heterocycles. The van der Waals surface area contributed by atoms with E-state index in [0.717, 1.165) is 41.0 Å². The van der Waals surface area contributed by atoms with E-state index in [-0.39, 0.29) is 11.3 Å². The first-order valence-corrected chi connectivity index (χ1v) is 13.7. The number of nitrogens with zero attached hydrogens (tertiary/aromatic N) is 3. The molecule has 2 aliphatic heterocycles. The second kappa shape index (κ2) is 8.80. The van der Waals surface area contributed by atoms with Gasteiger partial charge in [-0.05, 0) is 75.0 Å². The summed E-state index contributed by atoms with van der Waals surface area (Å²) in [6.45, 7) is 8.13. The fourth-order valence-electron chi connectivity index (χ4n) is 5.28. The number of hydrogen-bond donors (Lipinski definition) is 0. The summed E-state index contributed by atoms with van der Waals surface area (Å²) in [7, 11) is -3.53. The molecule has 2 aromatic rings. The van der Waals surface area contributed by atoms with Crippen molar-refractivity contribution in [3.8, 4) is 0 Å². The number of benzene rings is 1. The number of likely N-dealkylation sites (tertiary alicyclic amines) is 1. The average molecular weight is 474 g/mol. The number of amides is 1. The maximum absolute atomic E-state index is 13.5. The maximum atomic E-state index is 13.5. The first-order valence-electron chi connectivity index (χ1n) is 11.0. The van der Waals surface area contributed by atoms with Crippen LogP contribution in [0.2, 0.25) is 0 Å². The van der Waals surface area contributed by atoms with Gasteiger partial charge >= 0.3 is 0 Å². The van der Waals surface area contributed by atoms with E-state index < -0.39 is 10.0 Å². The topological polar surface area (TPSA) is 70.6 Å². The van der Waals surface area contributed by atoms with Crippen LogP contribution in [-0.2, 0) is 10.0 Å². The molecule has 0 atom stereocenters. The summed E-state index contributed by atoms with van der Waals surface area (Å²) >= 11 is 1.48. The Balaban J connectivity index is 1.47. The van der Waals surface area contributed by atoms with E-state index in [4.69, 9.17) is 0 Å². The molecular weight excluding hydrogens is 442 g/mol. The number of piperidine rings is 1. The molecule has 4 rings (SSSR count). The fraction of sp³-hybridized carbons (Fsp3) is 0.500. The van der Waals surface area contributed by atoms with Gasteiger partial charge < -0.3 is 4.90 Å². The Bertz CT molecular complexity index is 1120. The van der Waals surface area contributed by atoms with Gasteiger partial charge in [-0.3, -0.25) is 4.79 Å². The zero-order chi connectivity index (χ0) is 23.1. The number of hydrogen-bond acceptors (Lipinski definition) is 5. The van der Waals surface area contributed by atoms with Gasteiger partial charge in [0.15, 0.2) is 0 Å². The number of aromatic nitrogens is 1. The van der Waals surface area contributed by atoms with Crippen molar-refractivity contribution in [2.45, 2.75) is 50.0 Å². The molecule has 2 fully saturated rings. The monoisotopic (exact) mass is 473 g/mol. The molecule has 2 saturated heterocycles. The predicted molar refractivity (Wildman–Crippen MR) is 128 cm³/mol. The molecule has 1 aromatic carbocycles. The first kappa shape index (κ1) is 23.3. The van der Waals surface area contributed by atoms with Crippen molar-refractivity contribution in [1.82, 2.24) is 14.2 Å². The van der Waals surface area contributed by atoms with Gasteiger partial charge in [-0.2, -0.15) is 4.31 Å². The lowest BCUT2D eigenvalue weighted by Crippen LogP contribution is -2.44. The molecule has 0 unspecified atom stereocenters. The molecule has 2 aliphatic rings. The number of carbonyl (C=O) groups is 1. The number of aryl methyl sites for hydroxylation is 3. The highest BCUT2D eigenvalue weighted by Gasteiger charge is 2.45. The third-order valence-electron chi connectivity index (χ3n) is 6.91. The molecule has 32 heavy (non-hydrogen) atoms. The third kappa shape index (κ3) is 4.20. The van der Waals surface area contributed by atoms with Gasteiger partial charge in [-0.15, -0.1) is 11.8 Å². The zero-order valence-corrected chi connectivity index (χ0v) is 20.9. The highest BCUT2D eigenvalue weighted by atomic mass is 32.2. The van der Waals surface area contributed by atoms with Crippen LogP contribution in [0.25, 0.3) is 0 Å². The van der Waals surface area contributed by atoms with Crippen LogP contribution in [0.5, 0.6) is 0 Å². The SMILES string of the molecule is CSc1ncccc1C(=O)N1CCC2(CC1)CCN(S(=O)(=O)c1c(C)cc(C)cc1C)C2. The van der Waals surface area contributed by atoms with Gasteiger partial charge in [0.05, 0.1) is 10.5 Å². The quantitative estimate of drug-likeness (QED) is 0.627. The summed E-state index contributed by atoms with van der Waals surface area (Å²) < 4.78 is 28.7. The largest absolute Gasteiger partial charge is 0.339 e. The lowest BCUT2D eigenvalue weighted by molar-refractivity contribution is 0.0595.